The molecule has 0 aliphatic carbocycles. The maximum absolute atomic E-state index is 12.6. The van der Waals surface area contributed by atoms with Gasteiger partial charge in [0.05, 0.1) is 25.4 Å². The Hall–Kier alpha value is -1.07. The summed E-state index contributed by atoms with van der Waals surface area (Å²) in [6.07, 6.45) is 18.8. The maximum atomic E-state index is 12.6. The molecule has 1 fully saturated rings. The lowest BCUT2D eigenvalue weighted by Crippen LogP contribution is -2.60. The van der Waals surface area contributed by atoms with E-state index >= 15 is 0 Å². The van der Waals surface area contributed by atoms with Crippen molar-refractivity contribution in [3.8, 4) is 0 Å². The fourth-order valence-electron chi connectivity index (χ4n) is 5.45. The van der Waals surface area contributed by atoms with Crippen LogP contribution < -0.4 is 5.32 Å². The lowest BCUT2D eigenvalue weighted by atomic mass is 9.99. The van der Waals surface area contributed by atoms with Crippen LogP contribution in [0.25, 0.3) is 0 Å². The largest absolute Gasteiger partial charge is 0.394 e. The zero-order chi connectivity index (χ0) is 31.7. The minimum atomic E-state index is -1.56. The number of aliphatic hydroxyl groups excluding tert-OH is 5. The second kappa shape index (κ2) is 26.2. The zero-order valence-corrected chi connectivity index (χ0v) is 27.2. The van der Waals surface area contributed by atoms with Crippen LogP contribution in [0.2, 0.25) is 0 Å². The average molecular weight is 616 g/mol. The third-order valence-electron chi connectivity index (χ3n) is 8.36. The van der Waals surface area contributed by atoms with Crippen molar-refractivity contribution in [2.45, 2.75) is 185 Å². The summed E-state index contributed by atoms with van der Waals surface area (Å²) in [6, 6.07) is -0.793. The van der Waals surface area contributed by atoms with Gasteiger partial charge in [-0.3, -0.25) is 4.79 Å². The summed E-state index contributed by atoms with van der Waals surface area (Å²) < 4.78 is 11.0. The van der Waals surface area contributed by atoms with E-state index in [0.717, 1.165) is 44.9 Å². The van der Waals surface area contributed by atoms with Gasteiger partial charge >= 0.3 is 0 Å². The number of carbonyl (C=O) groups is 1. The van der Waals surface area contributed by atoms with E-state index in [9.17, 15) is 30.3 Å². The summed E-state index contributed by atoms with van der Waals surface area (Å²) in [7, 11) is 0. The van der Waals surface area contributed by atoms with Crippen LogP contribution in [0, 0.1) is 0 Å². The highest BCUT2D eigenvalue weighted by Gasteiger charge is 2.44. The molecule has 1 heterocycles. The van der Waals surface area contributed by atoms with Gasteiger partial charge in [-0.15, -0.1) is 0 Å². The van der Waals surface area contributed by atoms with Crippen molar-refractivity contribution in [3.63, 3.8) is 0 Å². The van der Waals surface area contributed by atoms with E-state index in [1.54, 1.807) is 6.08 Å². The number of carbonyl (C=O) groups excluding carboxylic acids is 1. The first-order chi connectivity index (χ1) is 20.8. The lowest BCUT2D eigenvalue weighted by Gasteiger charge is -2.40. The van der Waals surface area contributed by atoms with Crippen LogP contribution in [0.3, 0.4) is 0 Å². The van der Waals surface area contributed by atoms with E-state index in [2.05, 4.69) is 19.2 Å². The standard InChI is InChI=1S/C34H65NO8/c1-3-5-7-9-10-11-12-13-14-15-16-17-18-19-20-21-23-28(37)27(35-30(38)24-22-8-6-4-2)26-42-34-33(41)32(40)31(39)29(25-36)43-34/h21,23,27-29,31-34,36-37,39-41H,3-20,22,24-26H2,1-2H3,(H,35,38)/b23-21+. The molecule has 1 amide bonds. The van der Waals surface area contributed by atoms with Gasteiger partial charge < -0.3 is 40.3 Å². The van der Waals surface area contributed by atoms with Crippen molar-refractivity contribution in [3.05, 3.63) is 12.2 Å². The number of allylic oxidation sites excluding steroid dienone is 1. The molecule has 7 atom stereocenters. The Morgan fingerprint density at radius 1 is 0.767 bits per heavy atom. The van der Waals surface area contributed by atoms with E-state index in [0.29, 0.717) is 6.42 Å². The molecule has 0 bridgehead atoms. The van der Waals surface area contributed by atoms with E-state index in [4.69, 9.17) is 9.47 Å². The fraction of sp³-hybridized carbons (Fsp3) is 0.912. The molecule has 1 aliphatic heterocycles. The van der Waals surface area contributed by atoms with Crippen LogP contribution in [0.15, 0.2) is 12.2 Å². The molecule has 9 nitrogen and oxygen atoms in total. The van der Waals surface area contributed by atoms with Gasteiger partial charge in [0.1, 0.15) is 24.4 Å². The van der Waals surface area contributed by atoms with Crippen molar-refractivity contribution in [2.75, 3.05) is 13.2 Å². The number of unbranched alkanes of at least 4 members (excludes halogenated alkanes) is 17. The molecule has 0 aromatic heterocycles. The summed E-state index contributed by atoms with van der Waals surface area (Å²) in [5.41, 5.74) is 0. The van der Waals surface area contributed by atoms with Gasteiger partial charge in [-0.05, 0) is 19.3 Å². The molecule has 254 valence electrons. The number of hydrogen-bond donors (Lipinski definition) is 6. The Kier molecular flexibility index (Phi) is 24.3. The first kappa shape index (κ1) is 40.0. The van der Waals surface area contributed by atoms with Gasteiger partial charge in [-0.25, -0.2) is 0 Å². The molecule has 0 saturated carbocycles. The Labute approximate surface area is 261 Å². The molecular weight excluding hydrogens is 550 g/mol. The number of ether oxygens (including phenoxy) is 2. The fourth-order valence-corrected chi connectivity index (χ4v) is 5.45. The molecule has 0 aromatic carbocycles. The van der Waals surface area contributed by atoms with Gasteiger partial charge in [0.25, 0.3) is 0 Å². The number of nitrogens with one attached hydrogen (secondary N) is 1. The second-order valence-corrected chi connectivity index (χ2v) is 12.3. The molecule has 1 saturated heterocycles. The number of aliphatic hydroxyl groups is 5. The van der Waals surface area contributed by atoms with Gasteiger partial charge in [-0.2, -0.15) is 0 Å². The highest BCUT2D eigenvalue weighted by Crippen LogP contribution is 2.22. The number of rotatable bonds is 27. The maximum Gasteiger partial charge on any atom is 0.220 e. The number of amides is 1. The van der Waals surface area contributed by atoms with Crippen molar-refractivity contribution >= 4 is 5.91 Å². The third kappa shape index (κ3) is 18.5. The van der Waals surface area contributed by atoms with Crippen molar-refractivity contribution in [2.24, 2.45) is 0 Å². The normalized spacial score (nSPS) is 23.9. The predicted octanol–water partition coefficient (Wildman–Crippen LogP) is 5.05. The average Bonchev–Trinajstić information content (AvgIpc) is 3.00. The van der Waals surface area contributed by atoms with Crippen LogP contribution in [0.1, 0.15) is 142 Å². The number of hydrogen-bond acceptors (Lipinski definition) is 8. The molecule has 1 aliphatic rings. The van der Waals surface area contributed by atoms with Gasteiger partial charge in [-0.1, -0.05) is 129 Å². The highest BCUT2D eigenvalue weighted by atomic mass is 16.7. The Morgan fingerprint density at radius 2 is 1.28 bits per heavy atom. The monoisotopic (exact) mass is 615 g/mol. The topological polar surface area (TPSA) is 149 Å². The first-order valence-electron chi connectivity index (χ1n) is 17.4. The Morgan fingerprint density at radius 3 is 1.81 bits per heavy atom. The van der Waals surface area contributed by atoms with E-state index < -0.39 is 49.5 Å². The Bertz CT molecular complexity index is 691. The van der Waals surface area contributed by atoms with E-state index in [1.807, 2.05) is 6.08 Å². The van der Waals surface area contributed by atoms with Crippen LogP contribution >= 0.6 is 0 Å². The van der Waals surface area contributed by atoms with Crippen LogP contribution in [0.5, 0.6) is 0 Å². The van der Waals surface area contributed by atoms with Gasteiger partial charge in [0.2, 0.25) is 5.91 Å². The second-order valence-electron chi connectivity index (χ2n) is 12.3. The van der Waals surface area contributed by atoms with Crippen molar-refractivity contribution in [1.82, 2.24) is 5.32 Å². The van der Waals surface area contributed by atoms with Crippen LogP contribution in [-0.4, -0.2) is 87.5 Å². The molecule has 0 radical (unpaired) electrons. The van der Waals surface area contributed by atoms with E-state index in [-0.39, 0.29) is 12.5 Å². The molecule has 6 N–H and O–H groups in total. The highest BCUT2D eigenvalue weighted by molar-refractivity contribution is 5.76. The first-order valence-corrected chi connectivity index (χ1v) is 17.4. The molecular formula is C34H65NO8. The van der Waals surface area contributed by atoms with E-state index in [1.165, 1.54) is 77.0 Å². The smallest absolute Gasteiger partial charge is 0.220 e. The molecule has 1 rings (SSSR count). The summed E-state index contributed by atoms with van der Waals surface area (Å²) in [5, 5.41) is 53.4. The zero-order valence-electron chi connectivity index (χ0n) is 27.2. The molecule has 7 unspecified atom stereocenters. The SMILES string of the molecule is CCCCCCCCCCCCCCCC/C=C/C(O)C(COC1OC(CO)C(O)C(O)C1O)NC(=O)CCCCCC. The summed E-state index contributed by atoms with van der Waals surface area (Å²) in [6.45, 7) is 3.61. The van der Waals surface area contributed by atoms with Crippen LogP contribution in [0.4, 0.5) is 0 Å². The lowest BCUT2D eigenvalue weighted by molar-refractivity contribution is -0.302. The third-order valence-corrected chi connectivity index (χ3v) is 8.36. The van der Waals surface area contributed by atoms with Crippen molar-refractivity contribution < 1.29 is 39.8 Å². The molecule has 0 aromatic rings. The molecule has 43 heavy (non-hydrogen) atoms. The summed E-state index contributed by atoms with van der Waals surface area (Å²) in [5.74, 6) is -0.196. The summed E-state index contributed by atoms with van der Waals surface area (Å²) >= 11 is 0. The molecule has 9 heteroatoms. The minimum Gasteiger partial charge on any atom is -0.394 e. The minimum absolute atomic E-state index is 0.187. The molecule has 0 spiro atoms. The van der Waals surface area contributed by atoms with Gasteiger partial charge in [0.15, 0.2) is 6.29 Å². The van der Waals surface area contributed by atoms with Crippen molar-refractivity contribution in [1.29, 1.82) is 0 Å². The van der Waals surface area contributed by atoms with Crippen LogP contribution in [-0.2, 0) is 14.3 Å². The Balaban J connectivity index is 2.39. The quantitative estimate of drug-likeness (QED) is 0.0556. The summed E-state index contributed by atoms with van der Waals surface area (Å²) in [4.78, 5) is 12.6. The predicted molar refractivity (Wildman–Crippen MR) is 170 cm³/mol. The van der Waals surface area contributed by atoms with Gasteiger partial charge in [0, 0.05) is 6.42 Å².